The van der Waals surface area contributed by atoms with Gasteiger partial charge in [-0.2, -0.15) is 0 Å². The Morgan fingerprint density at radius 1 is 1.48 bits per heavy atom. The van der Waals surface area contributed by atoms with Gasteiger partial charge < -0.3 is 9.88 Å². The molecule has 3 heterocycles. The number of carbonyl (C=O) groups excluding carboxylic acids is 1. The molecular formula is C17H22N4O3S3. The summed E-state index contributed by atoms with van der Waals surface area (Å²) in [6, 6.07) is 4.05. The molecule has 0 bridgehead atoms. The molecule has 146 valence electrons. The van der Waals surface area contributed by atoms with Crippen molar-refractivity contribution in [2.75, 3.05) is 23.8 Å². The number of allylic oxidation sites excluding steroid dienone is 1. The molecule has 1 aliphatic rings. The molecule has 1 saturated heterocycles. The second-order valence-corrected chi connectivity index (χ2v) is 10.5. The number of thioether (sulfide) groups is 1. The van der Waals surface area contributed by atoms with E-state index in [0.717, 1.165) is 6.42 Å². The normalized spacial score (nSPS) is 18.4. The molecule has 1 amide bonds. The summed E-state index contributed by atoms with van der Waals surface area (Å²) in [5.41, 5.74) is 0. The van der Waals surface area contributed by atoms with Crippen LogP contribution in [0, 0.1) is 0 Å². The largest absolute Gasteiger partial charge is 0.355 e. The molecule has 0 saturated carbocycles. The number of sulfone groups is 1. The number of amides is 1. The molecule has 7 nitrogen and oxygen atoms in total. The van der Waals surface area contributed by atoms with E-state index in [1.807, 2.05) is 22.1 Å². The molecule has 1 fully saturated rings. The summed E-state index contributed by atoms with van der Waals surface area (Å²) in [6.07, 6.45) is 3.11. The Bertz CT molecular complexity index is 891. The molecule has 1 aliphatic heterocycles. The monoisotopic (exact) mass is 426 g/mol. The van der Waals surface area contributed by atoms with Gasteiger partial charge >= 0.3 is 0 Å². The van der Waals surface area contributed by atoms with E-state index in [-0.39, 0.29) is 29.1 Å². The number of carbonyl (C=O) groups is 1. The van der Waals surface area contributed by atoms with Crippen LogP contribution in [0.3, 0.4) is 0 Å². The quantitative estimate of drug-likeness (QED) is 0.486. The van der Waals surface area contributed by atoms with Crippen LogP contribution in [0.4, 0.5) is 0 Å². The Labute approximate surface area is 167 Å². The summed E-state index contributed by atoms with van der Waals surface area (Å²) in [5.74, 6) is 0.995. The van der Waals surface area contributed by atoms with Gasteiger partial charge in [0, 0.05) is 23.9 Å². The molecular weight excluding hydrogens is 404 g/mol. The first-order chi connectivity index (χ1) is 13.0. The maximum atomic E-state index is 12.1. The summed E-state index contributed by atoms with van der Waals surface area (Å²) in [5, 5.41) is 13.9. The number of hydrogen-bond donors (Lipinski definition) is 1. The molecule has 0 spiro atoms. The van der Waals surface area contributed by atoms with Gasteiger partial charge in [0.2, 0.25) is 5.91 Å². The summed E-state index contributed by atoms with van der Waals surface area (Å²) in [4.78, 5) is 13.3. The van der Waals surface area contributed by atoms with Crippen molar-refractivity contribution in [3.05, 3.63) is 40.9 Å². The van der Waals surface area contributed by atoms with E-state index in [0.29, 0.717) is 30.5 Å². The van der Waals surface area contributed by atoms with E-state index < -0.39 is 9.84 Å². The summed E-state index contributed by atoms with van der Waals surface area (Å²) < 4.78 is 25.4. The molecule has 2 aromatic rings. The predicted octanol–water partition coefficient (Wildman–Crippen LogP) is 1.88. The molecule has 10 heteroatoms. The van der Waals surface area contributed by atoms with Crippen LogP contribution in [-0.2, 0) is 27.6 Å². The molecule has 27 heavy (non-hydrogen) atoms. The topological polar surface area (TPSA) is 93.9 Å². The molecule has 1 N–H and O–H groups in total. The van der Waals surface area contributed by atoms with Crippen molar-refractivity contribution >= 4 is 38.8 Å². The fraction of sp³-hybridized carbons (Fsp3) is 0.471. The van der Waals surface area contributed by atoms with Gasteiger partial charge in [-0.1, -0.05) is 23.9 Å². The Balaban J connectivity index is 1.56. The van der Waals surface area contributed by atoms with Crippen LogP contribution in [0.25, 0.3) is 0 Å². The number of nitrogens with zero attached hydrogens (tertiary/aromatic N) is 3. The molecule has 2 aromatic heterocycles. The number of nitrogens with one attached hydrogen (secondary N) is 1. The summed E-state index contributed by atoms with van der Waals surface area (Å²) in [6.45, 7) is 4.84. The molecule has 1 unspecified atom stereocenters. The Morgan fingerprint density at radius 3 is 3.00 bits per heavy atom. The van der Waals surface area contributed by atoms with Crippen molar-refractivity contribution in [2.45, 2.75) is 30.5 Å². The highest BCUT2D eigenvalue weighted by molar-refractivity contribution is 7.99. The zero-order valence-electron chi connectivity index (χ0n) is 14.8. The summed E-state index contributed by atoms with van der Waals surface area (Å²) in [7, 11) is -3.00. The minimum atomic E-state index is -3.00. The first kappa shape index (κ1) is 20.1. The van der Waals surface area contributed by atoms with Gasteiger partial charge in [0.25, 0.3) is 0 Å². The third kappa shape index (κ3) is 5.43. The fourth-order valence-corrected chi connectivity index (χ4v) is 6.20. The third-order valence-corrected chi connectivity index (χ3v) is 7.93. The lowest BCUT2D eigenvalue weighted by atomic mass is 10.1. The number of thiophene rings is 1. The van der Waals surface area contributed by atoms with E-state index in [9.17, 15) is 13.2 Å². The van der Waals surface area contributed by atoms with E-state index >= 15 is 0 Å². The average Bonchev–Trinajstić information content (AvgIpc) is 3.34. The van der Waals surface area contributed by atoms with Gasteiger partial charge in [0.15, 0.2) is 15.0 Å². The van der Waals surface area contributed by atoms with Gasteiger partial charge in [-0.3, -0.25) is 4.79 Å². The van der Waals surface area contributed by atoms with Crippen molar-refractivity contribution in [3.8, 4) is 0 Å². The van der Waals surface area contributed by atoms with Crippen molar-refractivity contribution in [1.29, 1.82) is 0 Å². The van der Waals surface area contributed by atoms with Gasteiger partial charge in [-0.05, 0) is 24.3 Å². The highest BCUT2D eigenvalue weighted by Gasteiger charge is 2.33. The molecule has 3 rings (SSSR count). The zero-order chi connectivity index (χ0) is 19.3. The molecule has 0 radical (unpaired) electrons. The van der Waals surface area contributed by atoms with Crippen molar-refractivity contribution in [1.82, 2.24) is 20.1 Å². The van der Waals surface area contributed by atoms with Gasteiger partial charge in [0.1, 0.15) is 5.82 Å². The lowest BCUT2D eigenvalue weighted by Gasteiger charge is -2.11. The fourth-order valence-electron chi connectivity index (χ4n) is 2.97. The van der Waals surface area contributed by atoms with Crippen LogP contribution in [0.5, 0.6) is 0 Å². The first-order valence-electron chi connectivity index (χ1n) is 8.65. The lowest BCUT2D eigenvalue weighted by Crippen LogP contribution is -2.27. The number of hydrogen-bond acceptors (Lipinski definition) is 7. The predicted molar refractivity (Wildman–Crippen MR) is 108 cm³/mol. The van der Waals surface area contributed by atoms with Crippen LogP contribution >= 0.6 is 23.1 Å². The maximum absolute atomic E-state index is 12.1. The Kier molecular flexibility index (Phi) is 6.72. The maximum Gasteiger partial charge on any atom is 0.230 e. The second-order valence-electron chi connectivity index (χ2n) is 6.31. The highest BCUT2D eigenvalue weighted by atomic mass is 32.2. The minimum absolute atomic E-state index is 0.0605. The van der Waals surface area contributed by atoms with Crippen LogP contribution in [-0.4, -0.2) is 52.9 Å². The molecule has 0 aromatic carbocycles. The molecule has 1 atom stereocenters. The SMILES string of the molecule is C=CCn1c(SCC(=O)NCCc2cccs2)nnc1C1CCS(=O)(=O)C1. The molecule has 0 aliphatic carbocycles. The number of rotatable bonds is 9. The highest BCUT2D eigenvalue weighted by Crippen LogP contribution is 2.30. The Hall–Kier alpha value is -1.65. The van der Waals surface area contributed by atoms with Crippen LogP contribution in [0.1, 0.15) is 23.0 Å². The lowest BCUT2D eigenvalue weighted by molar-refractivity contribution is -0.118. The standard InChI is InChI=1S/C17H22N4O3S3/c1-2-8-21-16(13-6-10-27(23,24)12-13)19-20-17(21)26-11-15(22)18-7-5-14-4-3-9-25-14/h2-4,9,13H,1,5-8,10-12H2,(H,18,22). The smallest absolute Gasteiger partial charge is 0.230 e. The van der Waals surface area contributed by atoms with Gasteiger partial charge in [0.05, 0.1) is 17.3 Å². The van der Waals surface area contributed by atoms with Crippen molar-refractivity contribution < 1.29 is 13.2 Å². The van der Waals surface area contributed by atoms with E-state index in [1.165, 1.54) is 16.6 Å². The first-order valence-corrected chi connectivity index (χ1v) is 12.3. The van der Waals surface area contributed by atoms with E-state index in [1.54, 1.807) is 17.4 Å². The Morgan fingerprint density at radius 2 is 2.33 bits per heavy atom. The minimum Gasteiger partial charge on any atom is -0.355 e. The summed E-state index contributed by atoms with van der Waals surface area (Å²) >= 11 is 2.98. The van der Waals surface area contributed by atoms with E-state index in [2.05, 4.69) is 22.1 Å². The van der Waals surface area contributed by atoms with Crippen LogP contribution in [0.15, 0.2) is 35.3 Å². The third-order valence-electron chi connectivity index (χ3n) is 4.26. The van der Waals surface area contributed by atoms with Crippen LogP contribution in [0.2, 0.25) is 0 Å². The average molecular weight is 427 g/mol. The van der Waals surface area contributed by atoms with Crippen molar-refractivity contribution in [3.63, 3.8) is 0 Å². The van der Waals surface area contributed by atoms with Crippen molar-refractivity contribution in [2.24, 2.45) is 0 Å². The second kappa shape index (κ2) is 9.03. The van der Waals surface area contributed by atoms with Crippen LogP contribution < -0.4 is 5.32 Å². The van der Waals surface area contributed by atoms with E-state index in [4.69, 9.17) is 0 Å². The van der Waals surface area contributed by atoms with Gasteiger partial charge in [-0.25, -0.2) is 8.42 Å². The zero-order valence-corrected chi connectivity index (χ0v) is 17.3. The number of aromatic nitrogens is 3. The van der Waals surface area contributed by atoms with Gasteiger partial charge in [-0.15, -0.1) is 28.1 Å².